The van der Waals surface area contributed by atoms with Crippen molar-refractivity contribution in [3.8, 4) is 0 Å². The molecule has 1 amide bonds. The van der Waals surface area contributed by atoms with Crippen LogP contribution < -0.4 is 5.32 Å². The number of nitrogens with one attached hydrogen (secondary N) is 1. The lowest BCUT2D eigenvalue weighted by atomic mass is 10.3. The van der Waals surface area contributed by atoms with Crippen LogP contribution in [-0.2, 0) is 14.3 Å². The molecule has 0 radical (unpaired) electrons. The highest BCUT2D eigenvalue weighted by molar-refractivity contribution is 9.10. The fraction of sp³-hybridized carbons (Fsp3) is 0.273. The molecule has 1 N–H and O–H groups in total. The first-order chi connectivity index (χ1) is 8.16. The van der Waals surface area contributed by atoms with E-state index in [9.17, 15) is 4.79 Å². The van der Waals surface area contributed by atoms with Gasteiger partial charge in [-0.25, -0.2) is 4.98 Å². The van der Waals surface area contributed by atoms with Crippen LogP contribution in [0.1, 0.15) is 5.56 Å². The van der Waals surface area contributed by atoms with Gasteiger partial charge < -0.3 is 14.8 Å². The molecule has 90 valence electrons. The van der Waals surface area contributed by atoms with E-state index in [1.165, 1.54) is 6.26 Å². The summed E-state index contributed by atoms with van der Waals surface area (Å²) in [4.78, 5) is 15.9. The van der Waals surface area contributed by atoms with Crippen molar-refractivity contribution in [2.45, 2.75) is 6.92 Å². The molecule has 5 nitrogen and oxygen atoms in total. The molecule has 1 aliphatic rings. The largest absolute Gasteiger partial charge is 0.494 e. The van der Waals surface area contributed by atoms with Crippen molar-refractivity contribution in [2.75, 3.05) is 18.5 Å². The number of carbonyl (C=O) groups is 1. The van der Waals surface area contributed by atoms with Crippen molar-refractivity contribution in [2.24, 2.45) is 0 Å². The van der Waals surface area contributed by atoms with Crippen LogP contribution in [0.3, 0.4) is 0 Å². The fourth-order valence-corrected chi connectivity index (χ4v) is 1.77. The summed E-state index contributed by atoms with van der Waals surface area (Å²) in [5, 5.41) is 2.66. The minimum atomic E-state index is -0.359. The van der Waals surface area contributed by atoms with Gasteiger partial charge in [0, 0.05) is 10.7 Å². The van der Waals surface area contributed by atoms with E-state index in [4.69, 9.17) is 9.47 Å². The first-order valence-electron chi connectivity index (χ1n) is 5.05. The summed E-state index contributed by atoms with van der Waals surface area (Å²) >= 11 is 3.31. The second kappa shape index (κ2) is 5.18. The number of ether oxygens (including phenoxy) is 2. The normalized spacial score (nSPS) is 14.4. The van der Waals surface area contributed by atoms with Gasteiger partial charge in [0.1, 0.15) is 25.3 Å². The lowest BCUT2D eigenvalue weighted by molar-refractivity contribution is -0.117. The quantitative estimate of drug-likeness (QED) is 0.907. The molecule has 0 saturated heterocycles. The zero-order valence-electron chi connectivity index (χ0n) is 9.20. The molecule has 0 unspecified atom stereocenters. The molecule has 0 aliphatic carbocycles. The number of rotatable bonds is 2. The van der Waals surface area contributed by atoms with E-state index in [0.717, 1.165) is 10.0 Å². The first kappa shape index (κ1) is 11.9. The van der Waals surface area contributed by atoms with Gasteiger partial charge in [0.25, 0.3) is 5.91 Å². The van der Waals surface area contributed by atoms with E-state index in [1.54, 1.807) is 6.20 Å². The van der Waals surface area contributed by atoms with Crippen LogP contribution in [0.4, 0.5) is 5.82 Å². The molecular weight excluding hydrogens is 288 g/mol. The average molecular weight is 299 g/mol. The van der Waals surface area contributed by atoms with Gasteiger partial charge in [0.2, 0.25) is 5.76 Å². The molecule has 0 bridgehead atoms. The smallest absolute Gasteiger partial charge is 0.295 e. The summed E-state index contributed by atoms with van der Waals surface area (Å²) in [5.41, 5.74) is 0.866. The van der Waals surface area contributed by atoms with E-state index < -0.39 is 0 Å². The molecule has 0 aromatic carbocycles. The van der Waals surface area contributed by atoms with Crippen molar-refractivity contribution in [1.29, 1.82) is 0 Å². The van der Waals surface area contributed by atoms with Gasteiger partial charge in [0.05, 0.1) is 0 Å². The van der Waals surface area contributed by atoms with E-state index in [1.807, 2.05) is 13.0 Å². The van der Waals surface area contributed by atoms with Crippen molar-refractivity contribution in [1.82, 2.24) is 4.98 Å². The van der Waals surface area contributed by atoms with E-state index in [2.05, 4.69) is 26.2 Å². The van der Waals surface area contributed by atoms with E-state index in [-0.39, 0.29) is 11.7 Å². The monoisotopic (exact) mass is 298 g/mol. The van der Waals surface area contributed by atoms with Crippen molar-refractivity contribution in [3.05, 3.63) is 34.3 Å². The Kier molecular flexibility index (Phi) is 3.63. The summed E-state index contributed by atoms with van der Waals surface area (Å²) in [6.45, 7) is 2.71. The number of aryl methyl sites for hydroxylation is 1. The summed E-state index contributed by atoms with van der Waals surface area (Å²) in [6.07, 6.45) is 2.93. The molecule has 17 heavy (non-hydrogen) atoms. The predicted octanol–water partition coefficient (Wildman–Crippen LogP) is 1.98. The van der Waals surface area contributed by atoms with Crippen LogP contribution in [0.15, 0.2) is 28.8 Å². The molecule has 2 rings (SSSR count). The second-order valence-corrected chi connectivity index (χ2v) is 4.39. The van der Waals surface area contributed by atoms with Crippen LogP contribution in [0, 0.1) is 6.92 Å². The van der Waals surface area contributed by atoms with Crippen molar-refractivity contribution >= 4 is 27.7 Å². The Morgan fingerprint density at radius 3 is 3.00 bits per heavy atom. The van der Waals surface area contributed by atoms with Crippen LogP contribution in [-0.4, -0.2) is 24.1 Å². The molecule has 0 saturated carbocycles. The van der Waals surface area contributed by atoms with Gasteiger partial charge in [-0.2, -0.15) is 0 Å². The van der Waals surface area contributed by atoms with Gasteiger partial charge in [-0.15, -0.1) is 0 Å². The molecule has 1 aromatic rings. The molecular formula is C11H11BrN2O3. The first-order valence-corrected chi connectivity index (χ1v) is 5.84. The highest BCUT2D eigenvalue weighted by atomic mass is 79.9. The fourth-order valence-electron chi connectivity index (χ4n) is 1.33. The lowest BCUT2D eigenvalue weighted by Gasteiger charge is -2.15. The van der Waals surface area contributed by atoms with Gasteiger partial charge in [-0.05, 0) is 34.5 Å². The third-order valence-electron chi connectivity index (χ3n) is 2.15. The zero-order valence-corrected chi connectivity index (χ0v) is 10.8. The molecule has 1 aromatic heterocycles. The third kappa shape index (κ3) is 2.97. The summed E-state index contributed by atoms with van der Waals surface area (Å²) in [7, 11) is 0. The number of carbonyl (C=O) groups excluding carboxylic acids is 1. The van der Waals surface area contributed by atoms with Crippen molar-refractivity contribution < 1.29 is 14.3 Å². The van der Waals surface area contributed by atoms with Gasteiger partial charge >= 0.3 is 0 Å². The Morgan fingerprint density at radius 2 is 2.35 bits per heavy atom. The van der Waals surface area contributed by atoms with Gasteiger partial charge in [-0.1, -0.05) is 0 Å². The number of aromatic nitrogens is 1. The van der Waals surface area contributed by atoms with Gasteiger partial charge in [0.15, 0.2) is 0 Å². The Labute approximate surface area is 107 Å². The Bertz CT molecular complexity index is 474. The predicted molar refractivity (Wildman–Crippen MR) is 65.3 cm³/mol. The second-order valence-electron chi connectivity index (χ2n) is 3.47. The van der Waals surface area contributed by atoms with Crippen LogP contribution in [0.2, 0.25) is 0 Å². The van der Waals surface area contributed by atoms with Crippen LogP contribution >= 0.6 is 15.9 Å². The maximum Gasteiger partial charge on any atom is 0.295 e. The number of halogens is 1. The Balaban J connectivity index is 2.10. The van der Waals surface area contributed by atoms with Crippen LogP contribution in [0.5, 0.6) is 0 Å². The number of pyridine rings is 1. The molecule has 6 heteroatoms. The molecule has 0 fully saturated rings. The maximum atomic E-state index is 11.8. The Morgan fingerprint density at radius 1 is 1.53 bits per heavy atom. The highest BCUT2D eigenvalue weighted by Gasteiger charge is 2.16. The molecule has 0 atom stereocenters. The van der Waals surface area contributed by atoms with E-state index >= 15 is 0 Å². The zero-order chi connectivity index (χ0) is 12.3. The number of nitrogens with zero attached hydrogens (tertiary/aromatic N) is 1. The molecule has 2 heterocycles. The number of anilines is 1. The average Bonchev–Trinajstić information content (AvgIpc) is 2.34. The minimum Gasteiger partial charge on any atom is -0.494 e. The number of hydrogen-bond donors (Lipinski definition) is 1. The molecule has 1 aliphatic heterocycles. The standard InChI is InChI=1S/C11H11BrN2O3/c1-7-4-8(12)5-13-10(7)14-11(15)9-6-16-2-3-17-9/h4-6H,2-3H2,1H3,(H,13,14,15). The van der Waals surface area contributed by atoms with E-state index in [0.29, 0.717) is 19.0 Å². The Hall–Kier alpha value is -1.56. The SMILES string of the molecule is Cc1cc(Br)cnc1NC(=O)C1=COCCO1. The summed E-state index contributed by atoms with van der Waals surface area (Å²) < 4.78 is 11.0. The van der Waals surface area contributed by atoms with Crippen molar-refractivity contribution in [3.63, 3.8) is 0 Å². The maximum absolute atomic E-state index is 11.8. The molecule has 0 spiro atoms. The summed E-state index contributed by atoms with van der Waals surface area (Å²) in [5.74, 6) is 0.316. The number of amides is 1. The minimum absolute atomic E-state index is 0.167. The third-order valence-corrected chi connectivity index (χ3v) is 2.58. The highest BCUT2D eigenvalue weighted by Crippen LogP contribution is 2.17. The van der Waals surface area contributed by atoms with Gasteiger partial charge in [-0.3, -0.25) is 4.79 Å². The topological polar surface area (TPSA) is 60.5 Å². The summed E-state index contributed by atoms with van der Waals surface area (Å²) in [6, 6.07) is 1.87. The number of hydrogen-bond acceptors (Lipinski definition) is 4. The van der Waals surface area contributed by atoms with Crippen LogP contribution in [0.25, 0.3) is 0 Å². The lowest BCUT2D eigenvalue weighted by Crippen LogP contribution is -2.22.